The number of benzene rings is 2. The third-order valence-electron chi connectivity index (χ3n) is 6.50. The molecule has 2 aromatic carbocycles. The van der Waals surface area contributed by atoms with Crippen LogP contribution in [0.3, 0.4) is 0 Å². The summed E-state index contributed by atoms with van der Waals surface area (Å²) in [6, 6.07) is 17.0. The van der Waals surface area contributed by atoms with Gasteiger partial charge in [-0.15, -0.1) is 0 Å². The van der Waals surface area contributed by atoms with Crippen molar-refractivity contribution < 1.29 is 9.59 Å². The molecule has 2 aromatic rings. The Balaban J connectivity index is 1.63. The lowest BCUT2D eigenvalue weighted by atomic mass is 9.73. The summed E-state index contributed by atoms with van der Waals surface area (Å²) in [4.78, 5) is 29.8. The van der Waals surface area contributed by atoms with Crippen LogP contribution in [0.5, 0.6) is 0 Å². The molecule has 2 fully saturated rings. The predicted molar refractivity (Wildman–Crippen MR) is 120 cm³/mol. The zero-order valence-corrected chi connectivity index (χ0v) is 18.4. The molecule has 0 aromatic heterocycles. The lowest BCUT2D eigenvalue weighted by Gasteiger charge is -2.43. The molecule has 0 bridgehead atoms. The Morgan fingerprint density at radius 2 is 1.77 bits per heavy atom. The van der Waals surface area contributed by atoms with Crippen molar-refractivity contribution in [3.05, 3.63) is 59.7 Å². The van der Waals surface area contributed by atoms with Crippen LogP contribution in [-0.4, -0.2) is 48.8 Å². The largest absolute Gasteiger partial charge is 0.348 e. The van der Waals surface area contributed by atoms with Gasteiger partial charge in [0.15, 0.2) is 0 Å². The number of hydrogen-bond acceptors (Lipinski definition) is 2. The first kappa shape index (κ1) is 20.6. The lowest BCUT2D eigenvalue weighted by molar-refractivity contribution is -0.147. The molecule has 1 unspecified atom stereocenters. The number of aryl methyl sites for hydroxylation is 1. The third-order valence-corrected chi connectivity index (χ3v) is 6.50. The highest BCUT2D eigenvalue weighted by atomic mass is 16.2. The highest BCUT2D eigenvalue weighted by molar-refractivity contribution is 5.86. The van der Waals surface area contributed by atoms with Crippen LogP contribution in [0.4, 0.5) is 0 Å². The summed E-state index contributed by atoms with van der Waals surface area (Å²) < 4.78 is 0. The van der Waals surface area contributed by atoms with Crippen molar-refractivity contribution in [1.29, 1.82) is 0 Å². The topological polar surface area (TPSA) is 40.6 Å². The van der Waals surface area contributed by atoms with E-state index in [2.05, 4.69) is 55.5 Å². The average molecular weight is 405 g/mol. The van der Waals surface area contributed by atoms with Gasteiger partial charge in [0.2, 0.25) is 11.8 Å². The zero-order chi connectivity index (χ0) is 21.3. The van der Waals surface area contributed by atoms with Gasteiger partial charge in [-0.3, -0.25) is 9.59 Å². The first-order valence-electron chi connectivity index (χ1n) is 11.0. The molecule has 4 rings (SSSR count). The Bertz CT molecular complexity index is 948. The zero-order valence-electron chi connectivity index (χ0n) is 18.4. The van der Waals surface area contributed by atoms with Gasteiger partial charge >= 0.3 is 0 Å². The Morgan fingerprint density at radius 1 is 1.07 bits per heavy atom. The van der Waals surface area contributed by atoms with Crippen LogP contribution in [0.1, 0.15) is 36.8 Å². The highest BCUT2D eigenvalue weighted by Gasteiger charge is 2.46. The molecule has 0 spiro atoms. The van der Waals surface area contributed by atoms with E-state index in [-0.39, 0.29) is 17.7 Å². The van der Waals surface area contributed by atoms with Crippen molar-refractivity contribution in [1.82, 2.24) is 9.80 Å². The van der Waals surface area contributed by atoms with Crippen LogP contribution in [0, 0.1) is 18.3 Å². The van der Waals surface area contributed by atoms with Crippen LogP contribution < -0.4 is 0 Å². The van der Waals surface area contributed by atoms with E-state index in [0.717, 1.165) is 37.8 Å². The molecule has 2 aliphatic rings. The fourth-order valence-corrected chi connectivity index (χ4v) is 4.85. The second-order valence-corrected chi connectivity index (χ2v) is 9.36. The number of amides is 2. The van der Waals surface area contributed by atoms with E-state index < -0.39 is 5.41 Å². The van der Waals surface area contributed by atoms with Gasteiger partial charge in [-0.1, -0.05) is 54.1 Å². The second-order valence-electron chi connectivity index (χ2n) is 9.36. The van der Waals surface area contributed by atoms with Crippen LogP contribution in [-0.2, 0) is 16.0 Å². The van der Waals surface area contributed by atoms with Crippen molar-refractivity contribution in [2.24, 2.45) is 11.3 Å². The van der Waals surface area contributed by atoms with Crippen molar-refractivity contribution in [2.75, 3.05) is 27.2 Å². The Hall–Kier alpha value is -2.62. The van der Waals surface area contributed by atoms with Gasteiger partial charge in [0.1, 0.15) is 0 Å². The minimum atomic E-state index is -0.544. The van der Waals surface area contributed by atoms with Crippen LogP contribution in [0.15, 0.2) is 48.5 Å². The molecule has 30 heavy (non-hydrogen) atoms. The van der Waals surface area contributed by atoms with E-state index in [0.29, 0.717) is 13.0 Å². The molecule has 1 aliphatic heterocycles. The molecule has 4 heteroatoms. The van der Waals surface area contributed by atoms with Gasteiger partial charge in [0.25, 0.3) is 0 Å². The number of carbonyl (C=O) groups excluding carboxylic acids is 2. The van der Waals surface area contributed by atoms with E-state index in [1.54, 1.807) is 4.90 Å². The second kappa shape index (κ2) is 8.25. The van der Waals surface area contributed by atoms with Crippen molar-refractivity contribution in [3.8, 4) is 11.1 Å². The minimum absolute atomic E-state index is 0.136. The maximum Gasteiger partial charge on any atom is 0.230 e. The minimum Gasteiger partial charge on any atom is -0.348 e. The summed E-state index contributed by atoms with van der Waals surface area (Å²) in [7, 11) is 3.66. The maximum atomic E-state index is 13.4. The van der Waals surface area contributed by atoms with E-state index >= 15 is 0 Å². The van der Waals surface area contributed by atoms with Crippen molar-refractivity contribution in [2.45, 2.75) is 39.0 Å². The standard InChI is InChI=1S/C26H32N2O2/c1-19-7-4-9-22(15-19)23-10-5-8-20(16-23)17-26(25(30)27(2)3)13-6-14-28(18-26)24(29)21-11-12-21/h4-5,7-10,15-16,21H,6,11-14,17-18H2,1-3H3. The average Bonchev–Trinajstić information content (AvgIpc) is 3.58. The summed E-state index contributed by atoms with van der Waals surface area (Å²) in [5.41, 5.74) is 4.21. The van der Waals surface area contributed by atoms with Crippen molar-refractivity contribution >= 4 is 11.8 Å². The molecule has 0 radical (unpaired) electrons. The fourth-order valence-electron chi connectivity index (χ4n) is 4.85. The van der Waals surface area contributed by atoms with E-state index in [1.165, 1.54) is 16.7 Å². The summed E-state index contributed by atoms with van der Waals surface area (Å²) in [6.07, 6.45) is 4.38. The summed E-state index contributed by atoms with van der Waals surface area (Å²) in [5, 5.41) is 0. The number of nitrogens with zero attached hydrogens (tertiary/aromatic N) is 2. The number of rotatable bonds is 5. The maximum absolute atomic E-state index is 13.4. The SMILES string of the molecule is Cc1cccc(-c2cccc(CC3(C(=O)N(C)C)CCCN(C(=O)C4CC4)C3)c2)c1. The van der Waals surface area contributed by atoms with Gasteiger partial charge in [0.05, 0.1) is 5.41 Å². The number of hydrogen-bond donors (Lipinski definition) is 0. The van der Waals surface area contributed by atoms with E-state index in [4.69, 9.17) is 0 Å². The van der Waals surface area contributed by atoms with Crippen LogP contribution in [0.25, 0.3) is 11.1 Å². The number of carbonyl (C=O) groups is 2. The number of piperidine rings is 1. The summed E-state index contributed by atoms with van der Waals surface area (Å²) in [5.74, 6) is 0.579. The molecule has 4 nitrogen and oxygen atoms in total. The number of likely N-dealkylation sites (tertiary alicyclic amines) is 1. The molecular formula is C26H32N2O2. The van der Waals surface area contributed by atoms with E-state index in [9.17, 15) is 9.59 Å². The molecule has 1 atom stereocenters. The smallest absolute Gasteiger partial charge is 0.230 e. The van der Waals surface area contributed by atoms with Crippen LogP contribution >= 0.6 is 0 Å². The molecule has 1 saturated carbocycles. The first-order chi connectivity index (χ1) is 14.4. The van der Waals surface area contributed by atoms with Gasteiger partial charge < -0.3 is 9.80 Å². The lowest BCUT2D eigenvalue weighted by Crippen LogP contribution is -2.54. The summed E-state index contributed by atoms with van der Waals surface area (Å²) >= 11 is 0. The predicted octanol–water partition coefficient (Wildman–Crippen LogP) is 4.31. The Labute approximate surface area is 179 Å². The van der Waals surface area contributed by atoms with Gasteiger partial charge in [-0.05, 0) is 55.7 Å². The molecular weight excluding hydrogens is 372 g/mol. The normalized spacial score (nSPS) is 21.4. The first-order valence-corrected chi connectivity index (χ1v) is 11.0. The van der Waals surface area contributed by atoms with Crippen molar-refractivity contribution in [3.63, 3.8) is 0 Å². The highest BCUT2D eigenvalue weighted by Crippen LogP contribution is 2.39. The quantitative estimate of drug-likeness (QED) is 0.745. The molecule has 0 N–H and O–H groups in total. The summed E-state index contributed by atoms with van der Waals surface area (Å²) in [6.45, 7) is 3.42. The Kier molecular flexibility index (Phi) is 5.68. The fraction of sp³-hybridized carbons (Fsp3) is 0.462. The van der Waals surface area contributed by atoms with Gasteiger partial charge in [-0.25, -0.2) is 0 Å². The molecule has 1 aliphatic carbocycles. The van der Waals surface area contributed by atoms with Crippen LogP contribution in [0.2, 0.25) is 0 Å². The molecule has 1 saturated heterocycles. The molecule has 158 valence electrons. The monoisotopic (exact) mass is 404 g/mol. The molecule has 1 heterocycles. The van der Waals surface area contributed by atoms with E-state index in [1.807, 2.05) is 19.0 Å². The van der Waals surface area contributed by atoms with Gasteiger partial charge in [-0.2, -0.15) is 0 Å². The third kappa shape index (κ3) is 4.28. The Morgan fingerprint density at radius 3 is 2.43 bits per heavy atom. The van der Waals surface area contributed by atoms with Gasteiger partial charge in [0, 0.05) is 33.1 Å². The molecule has 2 amide bonds.